The van der Waals surface area contributed by atoms with Crippen molar-refractivity contribution in [2.24, 2.45) is 0 Å². The highest BCUT2D eigenvalue weighted by Crippen LogP contribution is 2.37. The van der Waals surface area contributed by atoms with Crippen LogP contribution in [0.2, 0.25) is 0 Å². The zero-order chi connectivity index (χ0) is 22.8. The summed E-state index contributed by atoms with van der Waals surface area (Å²) in [5.74, 6) is 1.67. The van der Waals surface area contributed by atoms with Crippen molar-refractivity contribution in [1.82, 2.24) is 0 Å². The molecule has 0 fully saturated rings. The van der Waals surface area contributed by atoms with Gasteiger partial charge in [0.1, 0.15) is 12.2 Å². The fraction of sp³-hybridized carbons (Fsp3) is 0.222. The first-order valence-electron chi connectivity index (χ1n) is 10.4. The number of hydrogen-bond donors (Lipinski definition) is 0. The van der Waals surface area contributed by atoms with Gasteiger partial charge < -0.3 is 18.6 Å². The minimum Gasteiger partial charge on any atom is -0.493 e. The predicted molar refractivity (Wildman–Crippen MR) is 126 cm³/mol. The van der Waals surface area contributed by atoms with Gasteiger partial charge in [0.15, 0.2) is 17.3 Å². The molecule has 0 unspecified atom stereocenters. The first kappa shape index (κ1) is 21.5. The average molecular weight is 431 g/mol. The Balaban J connectivity index is 1.90. The van der Waals surface area contributed by atoms with E-state index in [4.69, 9.17) is 18.6 Å². The largest absolute Gasteiger partial charge is 0.493 e. The summed E-state index contributed by atoms with van der Waals surface area (Å²) < 4.78 is 23.1. The molecule has 1 aromatic heterocycles. The van der Waals surface area contributed by atoms with E-state index in [1.807, 2.05) is 63.2 Å². The molecule has 0 aliphatic carbocycles. The van der Waals surface area contributed by atoms with Crippen LogP contribution in [0.25, 0.3) is 22.3 Å². The molecule has 164 valence electrons. The Morgan fingerprint density at radius 3 is 2.31 bits per heavy atom. The summed E-state index contributed by atoms with van der Waals surface area (Å²) in [6, 6.07) is 17.1. The van der Waals surface area contributed by atoms with Crippen LogP contribution < -0.4 is 19.6 Å². The third-order valence-electron chi connectivity index (χ3n) is 5.58. The Bertz CT molecular complexity index is 1350. The van der Waals surface area contributed by atoms with E-state index >= 15 is 0 Å². The summed E-state index contributed by atoms with van der Waals surface area (Å²) in [6.45, 7) is 6.24. The molecule has 5 nitrogen and oxygen atoms in total. The quantitative estimate of drug-likeness (QED) is 0.377. The van der Waals surface area contributed by atoms with Crippen LogP contribution in [0.1, 0.15) is 22.3 Å². The maximum atomic E-state index is 13.5. The van der Waals surface area contributed by atoms with Gasteiger partial charge in [0.05, 0.1) is 19.6 Å². The molecule has 0 saturated heterocycles. The Morgan fingerprint density at radius 2 is 1.59 bits per heavy atom. The molecular weight excluding hydrogens is 404 g/mol. The van der Waals surface area contributed by atoms with Crippen LogP contribution in [0.5, 0.6) is 17.2 Å². The van der Waals surface area contributed by atoms with E-state index < -0.39 is 0 Å². The highest BCUT2D eigenvalue weighted by Gasteiger charge is 2.20. The molecule has 0 atom stereocenters. The summed E-state index contributed by atoms with van der Waals surface area (Å²) in [6.07, 6.45) is 0. The van der Waals surface area contributed by atoms with Crippen molar-refractivity contribution in [3.05, 3.63) is 87.1 Å². The zero-order valence-corrected chi connectivity index (χ0v) is 18.9. The van der Waals surface area contributed by atoms with Gasteiger partial charge in [0.25, 0.3) is 0 Å². The highest BCUT2D eigenvalue weighted by atomic mass is 16.5. The molecule has 32 heavy (non-hydrogen) atoms. The smallest absolute Gasteiger partial charge is 0.235 e. The molecule has 0 radical (unpaired) electrons. The third kappa shape index (κ3) is 4.06. The van der Waals surface area contributed by atoms with E-state index in [1.54, 1.807) is 26.4 Å². The van der Waals surface area contributed by atoms with Crippen molar-refractivity contribution in [3.8, 4) is 28.6 Å². The molecule has 0 spiro atoms. The van der Waals surface area contributed by atoms with Gasteiger partial charge in [-0.05, 0) is 67.8 Å². The standard InChI is InChI=1S/C27H26O5/c1-16-7-6-8-19(11-16)15-31-27-25(28)21-12-17(2)18(3)13-23(21)32-26(27)20-9-10-22(29-4)24(14-20)30-5/h6-14H,15H2,1-5H3. The molecule has 0 N–H and O–H groups in total. The molecule has 0 saturated carbocycles. The van der Waals surface area contributed by atoms with Crippen LogP contribution in [0.4, 0.5) is 0 Å². The second kappa shape index (κ2) is 8.79. The molecule has 1 heterocycles. The van der Waals surface area contributed by atoms with E-state index in [0.29, 0.717) is 33.8 Å². The van der Waals surface area contributed by atoms with Crippen LogP contribution in [0, 0.1) is 20.8 Å². The fourth-order valence-corrected chi connectivity index (χ4v) is 3.69. The molecule has 4 rings (SSSR count). The van der Waals surface area contributed by atoms with Crippen LogP contribution in [-0.4, -0.2) is 14.2 Å². The molecule has 4 aromatic rings. The van der Waals surface area contributed by atoms with Crippen LogP contribution in [0.15, 0.2) is 63.8 Å². The van der Waals surface area contributed by atoms with E-state index in [1.165, 1.54) is 0 Å². The SMILES string of the molecule is COc1ccc(-c2oc3cc(C)c(C)cc3c(=O)c2OCc2cccc(C)c2)cc1OC. The maximum absolute atomic E-state index is 13.5. The van der Waals surface area contributed by atoms with Gasteiger partial charge in [-0.3, -0.25) is 4.79 Å². The lowest BCUT2D eigenvalue weighted by Gasteiger charge is -2.14. The van der Waals surface area contributed by atoms with Gasteiger partial charge in [-0.2, -0.15) is 0 Å². The van der Waals surface area contributed by atoms with E-state index in [2.05, 4.69) is 0 Å². The monoisotopic (exact) mass is 430 g/mol. The molecule has 3 aromatic carbocycles. The Kier molecular flexibility index (Phi) is 5.91. The van der Waals surface area contributed by atoms with E-state index in [9.17, 15) is 4.79 Å². The average Bonchev–Trinajstić information content (AvgIpc) is 2.79. The van der Waals surface area contributed by atoms with Gasteiger partial charge in [0, 0.05) is 5.56 Å². The molecular formula is C27H26O5. The molecule has 5 heteroatoms. The number of hydrogen-bond acceptors (Lipinski definition) is 5. The molecule has 0 aliphatic rings. The zero-order valence-electron chi connectivity index (χ0n) is 18.9. The summed E-state index contributed by atoms with van der Waals surface area (Å²) >= 11 is 0. The maximum Gasteiger partial charge on any atom is 0.235 e. The normalized spacial score (nSPS) is 10.9. The van der Waals surface area contributed by atoms with Crippen molar-refractivity contribution in [2.45, 2.75) is 27.4 Å². The van der Waals surface area contributed by atoms with Gasteiger partial charge in [-0.1, -0.05) is 29.8 Å². The number of aryl methyl sites for hydroxylation is 3. The number of benzene rings is 3. The van der Waals surface area contributed by atoms with Crippen molar-refractivity contribution in [3.63, 3.8) is 0 Å². The van der Waals surface area contributed by atoms with Gasteiger partial charge in [-0.25, -0.2) is 0 Å². The van der Waals surface area contributed by atoms with Gasteiger partial charge >= 0.3 is 0 Å². The van der Waals surface area contributed by atoms with E-state index in [-0.39, 0.29) is 17.8 Å². The van der Waals surface area contributed by atoms with Crippen LogP contribution >= 0.6 is 0 Å². The number of ether oxygens (including phenoxy) is 3. The first-order valence-corrected chi connectivity index (χ1v) is 10.4. The Labute approximate surface area is 187 Å². The predicted octanol–water partition coefficient (Wildman–Crippen LogP) is 5.98. The third-order valence-corrected chi connectivity index (χ3v) is 5.58. The minimum absolute atomic E-state index is 0.175. The lowest BCUT2D eigenvalue weighted by molar-refractivity contribution is 0.297. The summed E-state index contributed by atoms with van der Waals surface area (Å²) in [7, 11) is 3.15. The van der Waals surface area contributed by atoms with Crippen LogP contribution in [0.3, 0.4) is 0 Å². The molecule has 0 bridgehead atoms. The van der Waals surface area contributed by atoms with Crippen molar-refractivity contribution in [1.29, 1.82) is 0 Å². The summed E-state index contributed by atoms with van der Waals surface area (Å²) in [5.41, 5.74) is 5.16. The fourth-order valence-electron chi connectivity index (χ4n) is 3.69. The molecule has 0 aliphatic heterocycles. The van der Waals surface area contributed by atoms with Gasteiger partial charge in [-0.15, -0.1) is 0 Å². The number of methoxy groups -OCH3 is 2. The number of rotatable bonds is 6. The number of fused-ring (bicyclic) bond motifs is 1. The Hall–Kier alpha value is -3.73. The lowest BCUT2D eigenvalue weighted by atomic mass is 10.0. The lowest BCUT2D eigenvalue weighted by Crippen LogP contribution is -2.11. The van der Waals surface area contributed by atoms with Crippen molar-refractivity contribution >= 4 is 11.0 Å². The second-order valence-electron chi connectivity index (χ2n) is 7.87. The summed E-state index contributed by atoms with van der Waals surface area (Å²) in [5, 5.41) is 0.497. The van der Waals surface area contributed by atoms with Gasteiger partial charge in [0.2, 0.25) is 11.2 Å². The van der Waals surface area contributed by atoms with Crippen LogP contribution in [-0.2, 0) is 6.61 Å². The Morgan fingerprint density at radius 1 is 0.844 bits per heavy atom. The second-order valence-corrected chi connectivity index (χ2v) is 7.87. The van der Waals surface area contributed by atoms with Crippen molar-refractivity contribution in [2.75, 3.05) is 14.2 Å². The minimum atomic E-state index is -0.202. The summed E-state index contributed by atoms with van der Waals surface area (Å²) in [4.78, 5) is 13.5. The molecule has 0 amide bonds. The highest BCUT2D eigenvalue weighted by molar-refractivity contribution is 5.83. The topological polar surface area (TPSA) is 57.9 Å². The first-order chi connectivity index (χ1) is 15.4. The van der Waals surface area contributed by atoms with Crippen molar-refractivity contribution < 1.29 is 18.6 Å². The van der Waals surface area contributed by atoms with E-state index in [0.717, 1.165) is 22.3 Å².